The Labute approximate surface area is 102 Å². The summed E-state index contributed by atoms with van der Waals surface area (Å²) in [6.07, 6.45) is 2.53. The molecule has 0 aliphatic rings. The van der Waals surface area contributed by atoms with Gasteiger partial charge in [-0.1, -0.05) is 0 Å². The van der Waals surface area contributed by atoms with Gasteiger partial charge in [0.2, 0.25) is 5.95 Å². The lowest BCUT2D eigenvalue weighted by atomic mass is 10.2. The number of anilines is 1. The molecule has 0 atom stereocenters. The highest BCUT2D eigenvalue weighted by Crippen LogP contribution is 2.32. The van der Waals surface area contributed by atoms with Crippen LogP contribution in [0, 0.1) is 10.1 Å². The molecular formula is C10H9N5O3. The molecule has 0 saturated heterocycles. The lowest BCUT2D eigenvalue weighted by Gasteiger charge is -2.06. The van der Waals surface area contributed by atoms with Crippen LogP contribution in [0.1, 0.15) is 0 Å². The van der Waals surface area contributed by atoms with Crippen molar-refractivity contribution in [2.24, 2.45) is 0 Å². The summed E-state index contributed by atoms with van der Waals surface area (Å²) < 4.78 is 5.09. The van der Waals surface area contributed by atoms with Gasteiger partial charge in [0, 0.05) is 6.20 Å². The van der Waals surface area contributed by atoms with Gasteiger partial charge in [0.15, 0.2) is 5.69 Å². The van der Waals surface area contributed by atoms with Crippen LogP contribution in [0.2, 0.25) is 0 Å². The third-order valence-corrected chi connectivity index (χ3v) is 2.20. The van der Waals surface area contributed by atoms with Crippen LogP contribution in [-0.4, -0.2) is 27.0 Å². The van der Waals surface area contributed by atoms with Gasteiger partial charge in [-0.25, -0.2) is 9.97 Å². The SMILES string of the molecule is COc1cccnc1-c1nc(N)ncc1[N+](=O)[O-]. The minimum Gasteiger partial charge on any atom is -0.494 e. The largest absolute Gasteiger partial charge is 0.494 e. The van der Waals surface area contributed by atoms with Gasteiger partial charge in [-0.05, 0) is 12.1 Å². The molecule has 0 amide bonds. The molecule has 0 radical (unpaired) electrons. The zero-order chi connectivity index (χ0) is 13.1. The van der Waals surface area contributed by atoms with Gasteiger partial charge in [-0.2, -0.15) is 0 Å². The molecule has 2 N–H and O–H groups in total. The van der Waals surface area contributed by atoms with Crippen molar-refractivity contribution in [3.8, 4) is 17.1 Å². The van der Waals surface area contributed by atoms with E-state index in [2.05, 4.69) is 15.0 Å². The predicted octanol–water partition coefficient (Wildman–Crippen LogP) is 1.04. The van der Waals surface area contributed by atoms with E-state index in [1.807, 2.05) is 0 Å². The fraction of sp³-hybridized carbons (Fsp3) is 0.100. The summed E-state index contributed by atoms with van der Waals surface area (Å²) in [5.41, 5.74) is 5.45. The number of pyridine rings is 1. The van der Waals surface area contributed by atoms with Crippen molar-refractivity contribution in [3.05, 3.63) is 34.6 Å². The molecule has 0 spiro atoms. The summed E-state index contributed by atoms with van der Waals surface area (Å²) in [6, 6.07) is 3.28. The highest BCUT2D eigenvalue weighted by atomic mass is 16.6. The van der Waals surface area contributed by atoms with E-state index in [0.717, 1.165) is 6.20 Å². The second-order valence-electron chi connectivity index (χ2n) is 3.27. The Hall–Kier alpha value is -2.77. The van der Waals surface area contributed by atoms with Crippen LogP contribution in [0.4, 0.5) is 11.6 Å². The second kappa shape index (κ2) is 4.62. The molecule has 2 heterocycles. The summed E-state index contributed by atoms with van der Waals surface area (Å²) in [5.74, 6) is 0.307. The van der Waals surface area contributed by atoms with Crippen LogP contribution in [0.15, 0.2) is 24.5 Å². The topological polar surface area (TPSA) is 117 Å². The first-order valence-electron chi connectivity index (χ1n) is 4.89. The molecule has 8 nitrogen and oxygen atoms in total. The van der Waals surface area contributed by atoms with Crippen LogP contribution in [0.5, 0.6) is 5.75 Å². The van der Waals surface area contributed by atoms with E-state index in [-0.39, 0.29) is 23.0 Å². The lowest BCUT2D eigenvalue weighted by molar-refractivity contribution is -0.384. The van der Waals surface area contributed by atoms with Crippen molar-refractivity contribution in [1.82, 2.24) is 15.0 Å². The number of rotatable bonds is 3. The molecule has 0 bridgehead atoms. The number of nitrogens with two attached hydrogens (primary N) is 1. The van der Waals surface area contributed by atoms with Gasteiger partial charge < -0.3 is 10.5 Å². The molecule has 0 unspecified atom stereocenters. The quantitative estimate of drug-likeness (QED) is 0.635. The minimum atomic E-state index is -0.594. The summed E-state index contributed by atoms with van der Waals surface area (Å²) >= 11 is 0. The maximum atomic E-state index is 10.9. The first-order chi connectivity index (χ1) is 8.63. The summed E-state index contributed by atoms with van der Waals surface area (Å²) in [6.45, 7) is 0. The maximum Gasteiger partial charge on any atom is 0.315 e. The van der Waals surface area contributed by atoms with Crippen LogP contribution in [0.25, 0.3) is 11.4 Å². The number of aromatic nitrogens is 3. The van der Waals surface area contributed by atoms with Gasteiger partial charge in [0.05, 0.1) is 12.0 Å². The van der Waals surface area contributed by atoms with E-state index in [1.54, 1.807) is 12.1 Å². The Morgan fingerprint density at radius 3 is 2.83 bits per heavy atom. The van der Waals surface area contributed by atoms with Gasteiger partial charge in [-0.15, -0.1) is 0 Å². The van der Waals surface area contributed by atoms with Crippen molar-refractivity contribution in [1.29, 1.82) is 0 Å². The average Bonchev–Trinajstić information content (AvgIpc) is 2.38. The molecule has 2 aromatic rings. The molecule has 0 aliphatic carbocycles. The minimum absolute atomic E-state index is 0.0324. The molecule has 0 aliphatic heterocycles. The van der Waals surface area contributed by atoms with E-state index >= 15 is 0 Å². The fourth-order valence-corrected chi connectivity index (χ4v) is 1.43. The van der Waals surface area contributed by atoms with Crippen molar-refractivity contribution in [2.75, 3.05) is 12.8 Å². The molecule has 92 valence electrons. The van der Waals surface area contributed by atoms with Crippen LogP contribution in [0.3, 0.4) is 0 Å². The van der Waals surface area contributed by atoms with Crippen molar-refractivity contribution in [2.45, 2.75) is 0 Å². The summed E-state index contributed by atoms with van der Waals surface area (Å²) in [5, 5.41) is 10.9. The molecular weight excluding hydrogens is 238 g/mol. The molecule has 18 heavy (non-hydrogen) atoms. The molecule has 0 aromatic carbocycles. The lowest BCUT2D eigenvalue weighted by Crippen LogP contribution is -2.03. The van der Waals surface area contributed by atoms with Gasteiger partial charge in [-0.3, -0.25) is 15.1 Å². The Kier molecular flexibility index (Phi) is 3.00. The van der Waals surface area contributed by atoms with Crippen LogP contribution < -0.4 is 10.5 Å². The first kappa shape index (κ1) is 11.7. The second-order valence-corrected chi connectivity index (χ2v) is 3.27. The van der Waals surface area contributed by atoms with Crippen LogP contribution >= 0.6 is 0 Å². The van der Waals surface area contributed by atoms with E-state index in [4.69, 9.17) is 10.5 Å². The number of nitrogens with zero attached hydrogens (tertiary/aromatic N) is 4. The van der Waals surface area contributed by atoms with E-state index in [1.165, 1.54) is 13.3 Å². The molecule has 2 aromatic heterocycles. The summed E-state index contributed by atoms with van der Waals surface area (Å²) in [7, 11) is 1.44. The number of hydrogen-bond acceptors (Lipinski definition) is 7. The third-order valence-electron chi connectivity index (χ3n) is 2.20. The first-order valence-corrected chi connectivity index (χ1v) is 4.89. The van der Waals surface area contributed by atoms with Gasteiger partial charge in [0.1, 0.15) is 17.6 Å². The Balaban J connectivity index is 2.69. The van der Waals surface area contributed by atoms with E-state index < -0.39 is 4.92 Å². The monoisotopic (exact) mass is 247 g/mol. The zero-order valence-corrected chi connectivity index (χ0v) is 9.40. The predicted molar refractivity (Wildman–Crippen MR) is 62.9 cm³/mol. The third kappa shape index (κ3) is 2.03. The number of ether oxygens (including phenoxy) is 1. The number of nitrogen functional groups attached to an aromatic ring is 1. The Morgan fingerprint density at radius 1 is 1.39 bits per heavy atom. The molecule has 0 fully saturated rings. The Bertz CT molecular complexity index is 602. The number of nitro groups is 1. The Morgan fingerprint density at radius 2 is 2.17 bits per heavy atom. The van der Waals surface area contributed by atoms with E-state index in [0.29, 0.717) is 5.75 Å². The van der Waals surface area contributed by atoms with Crippen molar-refractivity contribution >= 4 is 11.6 Å². The summed E-state index contributed by atoms with van der Waals surface area (Å²) in [4.78, 5) is 21.8. The van der Waals surface area contributed by atoms with Gasteiger partial charge in [0.25, 0.3) is 0 Å². The highest BCUT2D eigenvalue weighted by molar-refractivity contribution is 5.71. The van der Waals surface area contributed by atoms with Crippen molar-refractivity contribution in [3.63, 3.8) is 0 Å². The van der Waals surface area contributed by atoms with E-state index in [9.17, 15) is 10.1 Å². The molecule has 8 heteroatoms. The highest BCUT2D eigenvalue weighted by Gasteiger charge is 2.22. The standard InChI is InChI=1S/C10H9N5O3/c1-18-7-3-2-4-12-9(7)8-6(15(16)17)5-13-10(11)14-8/h2-5H,1H3,(H2,11,13,14). The normalized spacial score (nSPS) is 10.1. The number of hydrogen-bond donors (Lipinski definition) is 1. The smallest absolute Gasteiger partial charge is 0.315 e. The molecule has 2 rings (SSSR count). The average molecular weight is 247 g/mol. The fourth-order valence-electron chi connectivity index (χ4n) is 1.43. The molecule has 0 saturated carbocycles. The van der Waals surface area contributed by atoms with Gasteiger partial charge >= 0.3 is 5.69 Å². The zero-order valence-electron chi connectivity index (χ0n) is 9.40. The number of methoxy groups -OCH3 is 1. The van der Waals surface area contributed by atoms with Crippen LogP contribution in [-0.2, 0) is 0 Å². The maximum absolute atomic E-state index is 10.9. The van der Waals surface area contributed by atoms with Crippen molar-refractivity contribution < 1.29 is 9.66 Å².